The summed E-state index contributed by atoms with van der Waals surface area (Å²) in [5.41, 5.74) is -0.193. The van der Waals surface area contributed by atoms with E-state index in [1.165, 1.54) is 37.5 Å². The molecule has 3 rings (SSSR count). The van der Waals surface area contributed by atoms with Gasteiger partial charge in [-0.15, -0.1) is 0 Å². The molecule has 0 amide bonds. The van der Waals surface area contributed by atoms with Gasteiger partial charge >= 0.3 is 0 Å². The van der Waals surface area contributed by atoms with Crippen LogP contribution in [0.4, 0.5) is 15.8 Å². The van der Waals surface area contributed by atoms with Gasteiger partial charge in [-0.2, -0.15) is 0 Å². The highest BCUT2D eigenvalue weighted by Gasteiger charge is 2.26. The van der Waals surface area contributed by atoms with Gasteiger partial charge in [-0.05, 0) is 25.2 Å². The second-order valence-electron chi connectivity index (χ2n) is 6.14. The van der Waals surface area contributed by atoms with Gasteiger partial charge in [0.2, 0.25) is 10.0 Å². The van der Waals surface area contributed by atoms with Crippen molar-refractivity contribution >= 4 is 21.4 Å². The Hall–Kier alpha value is -3.31. The van der Waals surface area contributed by atoms with Crippen molar-refractivity contribution in [3.63, 3.8) is 0 Å². The molecular weight excluding hydrogens is 401 g/mol. The van der Waals surface area contributed by atoms with E-state index < -0.39 is 32.5 Å². The molecule has 0 aliphatic carbocycles. The molecule has 0 saturated heterocycles. The maximum atomic E-state index is 14.5. The second kappa shape index (κ2) is 7.97. The molecule has 0 fully saturated rings. The Balaban J connectivity index is 2.12. The second-order valence-corrected chi connectivity index (χ2v) is 8.03. The molecule has 0 bridgehead atoms. The number of anilines is 1. The lowest BCUT2D eigenvalue weighted by molar-refractivity contribution is -0.384. The van der Waals surface area contributed by atoms with Gasteiger partial charge in [0.15, 0.2) is 0 Å². The highest BCUT2D eigenvalue weighted by Crippen LogP contribution is 2.33. The topological polar surface area (TPSA) is 119 Å². The molecule has 9 nitrogen and oxygen atoms in total. The number of nitrogens with one attached hydrogen (secondary N) is 2. The van der Waals surface area contributed by atoms with Gasteiger partial charge in [0.25, 0.3) is 5.69 Å². The third kappa shape index (κ3) is 4.10. The van der Waals surface area contributed by atoms with Crippen LogP contribution in [0.1, 0.15) is 17.4 Å². The van der Waals surface area contributed by atoms with Crippen LogP contribution in [0.25, 0.3) is 0 Å². The molecule has 1 aromatic heterocycles. The zero-order chi connectivity index (χ0) is 21.2. The number of halogens is 1. The van der Waals surface area contributed by atoms with Gasteiger partial charge in [-0.3, -0.25) is 10.1 Å². The maximum absolute atomic E-state index is 14.5. The van der Waals surface area contributed by atoms with Crippen molar-refractivity contribution < 1.29 is 17.7 Å². The van der Waals surface area contributed by atoms with Crippen LogP contribution in [0.15, 0.2) is 59.8 Å². The van der Waals surface area contributed by atoms with E-state index in [4.69, 9.17) is 0 Å². The maximum Gasteiger partial charge on any atom is 0.293 e. The van der Waals surface area contributed by atoms with Crippen molar-refractivity contribution in [3.05, 3.63) is 82.2 Å². The quantitative estimate of drug-likeness (QED) is 0.449. The average Bonchev–Trinajstić information content (AvgIpc) is 3.12. The van der Waals surface area contributed by atoms with Crippen LogP contribution in [-0.2, 0) is 17.1 Å². The molecule has 29 heavy (non-hydrogen) atoms. The first-order chi connectivity index (χ1) is 13.7. The molecule has 1 unspecified atom stereocenters. The molecule has 0 saturated carbocycles. The molecule has 1 atom stereocenters. The van der Waals surface area contributed by atoms with Gasteiger partial charge in [0, 0.05) is 31.1 Å². The zero-order valence-corrected chi connectivity index (χ0v) is 16.4. The Kier molecular flexibility index (Phi) is 5.62. The average molecular weight is 419 g/mol. The zero-order valence-electron chi connectivity index (χ0n) is 15.5. The first kappa shape index (κ1) is 20.4. The van der Waals surface area contributed by atoms with Gasteiger partial charge in [0.1, 0.15) is 23.4 Å². The number of nitrogens with zero attached hydrogens (tertiary/aromatic N) is 3. The summed E-state index contributed by atoms with van der Waals surface area (Å²) in [6.45, 7) is 0. The van der Waals surface area contributed by atoms with Crippen molar-refractivity contribution in [2.75, 3.05) is 12.4 Å². The number of aromatic nitrogens is 2. The Morgan fingerprint density at radius 2 is 1.97 bits per heavy atom. The van der Waals surface area contributed by atoms with Crippen molar-refractivity contribution in [3.8, 4) is 0 Å². The summed E-state index contributed by atoms with van der Waals surface area (Å²) in [6, 6.07) is 8.63. The SMILES string of the molecule is CNS(=O)(=O)c1ccc(NC(c2ccccc2F)c2nccn2C)c([N+](=O)[O-])c1. The van der Waals surface area contributed by atoms with Crippen molar-refractivity contribution in [2.45, 2.75) is 10.9 Å². The van der Waals surface area contributed by atoms with Crippen LogP contribution < -0.4 is 10.0 Å². The molecule has 152 valence electrons. The lowest BCUT2D eigenvalue weighted by atomic mass is 10.0. The van der Waals surface area contributed by atoms with Gasteiger partial charge in [-0.25, -0.2) is 22.5 Å². The lowest BCUT2D eigenvalue weighted by Gasteiger charge is -2.21. The first-order valence-corrected chi connectivity index (χ1v) is 9.93. The smallest absolute Gasteiger partial charge is 0.293 e. The van der Waals surface area contributed by atoms with E-state index in [9.17, 15) is 22.9 Å². The van der Waals surface area contributed by atoms with Crippen LogP contribution in [0.5, 0.6) is 0 Å². The van der Waals surface area contributed by atoms with Crippen LogP contribution in [-0.4, -0.2) is 29.9 Å². The van der Waals surface area contributed by atoms with Crippen LogP contribution in [0.3, 0.4) is 0 Å². The van der Waals surface area contributed by atoms with Crippen molar-refractivity contribution in [1.29, 1.82) is 0 Å². The summed E-state index contributed by atoms with van der Waals surface area (Å²) in [5.74, 6) is -0.0821. The van der Waals surface area contributed by atoms with Crippen LogP contribution in [0, 0.1) is 15.9 Å². The molecule has 3 aromatic rings. The predicted molar refractivity (Wildman–Crippen MR) is 104 cm³/mol. The predicted octanol–water partition coefficient (Wildman–Crippen LogP) is 2.58. The minimum atomic E-state index is -3.87. The number of aryl methyl sites for hydroxylation is 1. The molecular formula is C18H18FN5O4S. The molecule has 0 aliphatic heterocycles. The minimum absolute atomic E-state index is 0.0290. The number of hydrogen-bond acceptors (Lipinski definition) is 6. The Labute approximate surface area is 166 Å². The van der Waals surface area contributed by atoms with E-state index in [-0.39, 0.29) is 16.1 Å². The Bertz CT molecular complexity index is 1160. The van der Waals surface area contributed by atoms with Crippen molar-refractivity contribution in [2.24, 2.45) is 7.05 Å². The summed E-state index contributed by atoms with van der Waals surface area (Å²) in [4.78, 5) is 14.9. The summed E-state index contributed by atoms with van der Waals surface area (Å²) in [5, 5.41) is 14.5. The number of sulfonamides is 1. The van der Waals surface area contributed by atoms with Gasteiger partial charge < -0.3 is 9.88 Å². The summed E-state index contributed by atoms with van der Waals surface area (Å²) in [6.07, 6.45) is 3.20. The van der Waals surface area contributed by atoms with Gasteiger partial charge in [0.05, 0.1) is 9.82 Å². The first-order valence-electron chi connectivity index (χ1n) is 8.44. The standard InChI is InChI=1S/C18H18FN5O4S/c1-20-29(27,28)12-7-8-15(16(11-12)24(25)26)22-17(18-21-9-10-23(18)2)13-5-3-4-6-14(13)19/h3-11,17,20,22H,1-2H3. The largest absolute Gasteiger partial charge is 0.366 e. The molecule has 0 aliphatic rings. The van der Waals surface area contributed by atoms with E-state index in [1.54, 1.807) is 29.9 Å². The molecule has 0 radical (unpaired) electrons. The monoisotopic (exact) mass is 419 g/mol. The fourth-order valence-corrected chi connectivity index (χ4v) is 3.62. The fourth-order valence-electron chi connectivity index (χ4n) is 2.87. The number of imidazole rings is 1. The Morgan fingerprint density at radius 1 is 1.24 bits per heavy atom. The number of hydrogen-bond donors (Lipinski definition) is 2. The molecule has 1 heterocycles. The van der Waals surface area contributed by atoms with E-state index in [0.717, 1.165) is 6.07 Å². The third-order valence-electron chi connectivity index (χ3n) is 4.38. The number of benzene rings is 2. The molecule has 2 N–H and O–H groups in total. The van der Waals surface area contributed by atoms with Crippen LogP contribution >= 0.6 is 0 Å². The fraction of sp³-hybridized carbons (Fsp3) is 0.167. The molecule has 2 aromatic carbocycles. The van der Waals surface area contributed by atoms with E-state index in [1.807, 2.05) is 0 Å². The third-order valence-corrected chi connectivity index (χ3v) is 5.79. The van der Waals surface area contributed by atoms with Crippen LogP contribution in [0.2, 0.25) is 0 Å². The number of nitro groups is 1. The van der Waals surface area contributed by atoms with E-state index >= 15 is 0 Å². The summed E-state index contributed by atoms with van der Waals surface area (Å²) < 4.78 is 42.2. The highest BCUT2D eigenvalue weighted by molar-refractivity contribution is 7.89. The van der Waals surface area contributed by atoms with E-state index in [0.29, 0.717) is 5.82 Å². The minimum Gasteiger partial charge on any atom is -0.366 e. The van der Waals surface area contributed by atoms with E-state index in [2.05, 4.69) is 15.0 Å². The molecule has 0 spiro atoms. The van der Waals surface area contributed by atoms with Gasteiger partial charge in [-0.1, -0.05) is 18.2 Å². The Morgan fingerprint density at radius 3 is 2.55 bits per heavy atom. The number of nitro benzene ring substituents is 1. The molecule has 11 heteroatoms. The summed E-state index contributed by atoms with van der Waals surface area (Å²) in [7, 11) is -0.939. The van der Waals surface area contributed by atoms with Crippen molar-refractivity contribution in [1.82, 2.24) is 14.3 Å². The highest BCUT2D eigenvalue weighted by atomic mass is 32.2. The number of rotatable bonds is 7. The normalized spacial score (nSPS) is 12.5. The summed E-state index contributed by atoms with van der Waals surface area (Å²) >= 11 is 0. The lowest BCUT2D eigenvalue weighted by Crippen LogP contribution is -2.20.